The molecule has 32 heavy (non-hydrogen) atoms. The van der Waals surface area contributed by atoms with E-state index < -0.39 is 0 Å². The summed E-state index contributed by atoms with van der Waals surface area (Å²) in [6.45, 7) is 7.39. The summed E-state index contributed by atoms with van der Waals surface area (Å²) in [5.41, 5.74) is 8.14. The smallest absolute Gasteiger partial charge is 0.0980 e. The van der Waals surface area contributed by atoms with E-state index in [2.05, 4.69) is 89.7 Å². The van der Waals surface area contributed by atoms with Gasteiger partial charge in [0.25, 0.3) is 0 Å². The molecule has 0 aliphatic carbocycles. The highest BCUT2D eigenvalue weighted by Crippen LogP contribution is 2.29. The summed E-state index contributed by atoms with van der Waals surface area (Å²) in [6, 6.07) is 18.3. The number of nitrogens with zero attached hydrogens (tertiary/aromatic N) is 3. The van der Waals surface area contributed by atoms with Gasteiger partial charge in [-0.1, -0.05) is 12.1 Å². The van der Waals surface area contributed by atoms with Gasteiger partial charge in [0.1, 0.15) is 0 Å². The molecule has 0 amide bonds. The Morgan fingerprint density at radius 3 is 2.50 bits per heavy atom. The lowest BCUT2D eigenvalue weighted by molar-refractivity contribution is 0.170. The highest BCUT2D eigenvalue weighted by molar-refractivity contribution is 5.94. The molecule has 1 aromatic heterocycles. The second-order valence-electron chi connectivity index (χ2n) is 8.91. The average molecular weight is 427 g/mol. The Morgan fingerprint density at radius 1 is 1.00 bits per heavy atom. The van der Waals surface area contributed by atoms with Crippen LogP contribution in [0.3, 0.4) is 0 Å². The number of hydrogen-bond donors (Lipinski definition) is 1. The maximum Gasteiger partial charge on any atom is 0.0980 e. The van der Waals surface area contributed by atoms with Crippen LogP contribution >= 0.6 is 0 Å². The third-order valence-corrected chi connectivity index (χ3v) is 6.75. The molecule has 2 aliphatic heterocycles. The molecule has 1 fully saturated rings. The predicted octanol–water partition coefficient (Wildman–Crippen LogP) is 5.36. The van der Waals surface area contributed by atoms with Crippen LogP contribution in [0, 0.1) is 0 Å². The number of nitrogens with one attached hydrogen (secondary N) is 1. The molecule has 2 aliphatic rings. The standard InChI is InChI=1S/C27H30N4O/c1-19-16-31(17-20(2)30(19)3)26-8-6-25(7-9-26)29-15-24-14-28-13-22-5-4-21(12-27(22)24)23-10-11-32-18-23/h4-13,15,18-20,29H,14,16-17H2,1-3H3/b24-15+/t19-,20+. The van der Waals surface area contributed by atoms with E-state index in [1.807, 2.05) is 12.3 Å². The lowest BCUT2D eigenvalue weighted by Gasteiger charge is -2.43. The van der Waals surface area contributed by atoms with Crippen molar-refractivity contribution in [2.75, 3.05) is 36.9 Å². The van der Waals surface area contributed by atoms with Crippen molar-refractivity contribution in [1.82, 2.24) is 4.90 Å². The molecule has 1 N–H and O–H groups in total. The van der Waals surface area contributed by atoms with Gasteiger partial charge in [-0.15, -0.1) is 0 Å². The molecular weight excluding hydrogens is 396 g/mol. The number of aliphatic imine (C=N–C) groups is 1. The van der Waals surface area contributed by atoms with Crippen molar-refractivity contribution >= 4 is 23.2 Å². The molecule has 0 saturated carbocycles. The molecule has 0 unspecified atom stereocenters. The third kappa shape index (κ3) is 4.08. The molecule has 2 atom stereocenters. The van der Waals surface area contributed by atoms with Crippen LogP contribution < -0.4 is 10.2 Å². The van der Waals surface area contributed by atoms with Crippen LogP contribution in [0.1, 0.15) is 25.0 Å². The fraction of sp³-hybridized carbons (Fsp3) is 0.296. The van der Waals surface area contributed by atoms with E-state index in [1.54, 1.807) is 12.5 Å². The molecule has 0 spiro atoms. The van der Waals surface area contributed by atoms with E-state index >= 15 is 0 Å². The summed E-state index contributed by atoms with van der Waals surface area (Å²) in [6.07, 6.45) is 7.54. The van der Waals surface area contributed by atoms with Crippen LogP contribution in [-0.4, -0.2) is 49.9 Å². The van der Waals surface area contributed by atoms with Crippen LogP contribution in [0.25, 0.3) is 16.7 Å². The largest absolute Gasteiger partial charge is 0.472 e. The number of anilines is 2. The van der Waals surface area contributed by atoms with E-state index in [0.29, 0.717) is 18.6 Å². The fourth-order valence-electron chi connectivity index (χ4n) is 4.56. The Morgan fingerprint density at radius 2 is 1.78 bits per heavy atom. The van der Waals surface area contributed by atoms with Gasteiger partial charge in [-0.25, -0.2) is 0 Å². The van der Waals surface area contributed by atoms with Crippen LogP contribution in [0.15, 0.2) is 76.7 Å². The maximum atomic E-state index is 5.26. The van der Waals surface area contributed by atoms with Gasteiger partial charge in [0.2, 0.25) is 0 Å². The molecule has 5 rings (SSSR count). The first-order chi connectivity index (χ1) is 15.6. The molecule has 164 valence electrons. The highest BCUT2D eigenvalue weighted by Gasteiger charge is 2.26. The summed E-state index contributed by atoms with van der Waals surface area (Å²) in [5, 5.41) is 3.48. The minimum absolute atomic E-state index is 0.556. The van der Waals surface area contributed by atoms with E-state index in [4.69, 9.17) is 4.42 Å². The zero-order chi connectivity index (χ0) is 22.1. The van der Waals surface area contributed by atoms with E-state index in [0.717, 1.165) is 35.5 Å². The van der Waals surface area contributed by atoms with Crippen LogP contribution in [0.4, 0.5) is 11.4 Å². The number of furan rings is 1. The Bertz CT molecular complexity index is 1120. The summed E-state index contributed by atoms with van der Waals surface area (Å²) in [7, 11) is 2.22. The molecule has 1 saturated heterocycles. The summed E-state index contributed by atoms with van der Waals surface area (Å²) < 4.78 is 5.26. The average Bonchev–Trinajstić information content (AvgIpc) is 3.36. The summed E-state index contributed by atoms with van der Waals surface area (Å²) in [4.78, 5) is 9.48. The normalized spacial score (nSPS) is 22.2. The number of piperazine rings is 1. The monoisotopic (exact) mass is 426 g/mol. The minimum Gasteiger partial charge on any atom is -0.472 e. The van der Waals surface area contributed by atoms with Gasteiger partial charge in [-0.3, -0.25) is 9.89 Å². The Kier molecular flexibility index (Phi) is 5.58. The van der Waals surface area contributed by atoms with Gasteiger partial charge in [0.15, 0.2) is 0 Å². The lowest BCUT2D eigenvalue weighted by atomic mass is 9.94. The van der Waals surface area contributed by atoms with Gasteiger partial charge in [-0.05, 0) is 79.6 Å². The molecule has 0 radical (unpaired) electrons. The van der Waals surface area contributed by atoms with Crippen LogP contribution in [0.2, 0.25) is 0 Å². The summed E-state index contributed by atoms with van der Waals surface area (Å²) in [5.74, 6) is 0. The first kappa shape index (κ1) is 20.6. The lowest BCUT2D eigenvalue weighted by Crippen LogP contribution is -2.55. The van der Waals surface area contributed by atoms with Gasteiger partial charge in [0, 0.05) is 54.5 Å². The zero-order valence-electron chi connectivity index (χ0n) is 19.0. The van der Waals surface area contributed by atoms with Crippen molar-refractivity contribution in [3.8, 4) is 11.1 Å². The molecular formula is C27H30N4O. The number of benzene rings is 2. The van der Waals surface area contributed by atoms with Crippen LogP contribution in [-0.2, 0) is 0 Å². The number of likely N-dealkylation sites (N-methyl/N-ethyl adjacent to an activating group) is 1. The zero-order valence-corrected chi connectivity index (χ0v) is 19.0. The Hall–Kier alpha value is -3.31. The van der Waals surface area contributed by atoms with Crippen molar-refractivity contribution in [1.29, 1.82) is 0 Å². The van der Waals surface area contributed by atoms with Crippen molar-refractivity contribution in [3.05, 3.63) is 78.4 Å². The minimum atomic E-state index is 0.556. The number of rotatable bonds is 4. The molecule has 3 heterocycles. The first-order valence-corrected chi connectivity index (χ1v) is 11.3. The topological polar surface area (TPSA) is 44.0 Å². The quantitative estimate of drug-likeness (QED) is 0.610. The van der Waals surface area contributed by atoms with Crippen LogP contribution in [0.5, 0.6) is 0 Å². The third-order valence-electron chi connectivity index (χ3n) is 6.75. The van der Waals surface area contributed by atoms with E-state index in [9.17, 15) is 0 Å². The van der Waals surface area contributed by atoms with Crippen molar-refractivity contribution in [2.45, 2.75) is 25.9 Å². The van der Waals surface area contributed by atoms with Crippen molar-refractivity contribution < 1.29 is 4.42 Å². The predicted molar refractivity (Wildman–Crippen MR) is 134 cm³/mol. The van der Waals surface area contributed by atoms with E-state index in [1.165, 1.54) is 16.8 Å². The van der Waals surface area contributed by atoms with Gasteiger partial charge >= 0.3 is 0 Å². The molecule has 2 aromatic carbocycles. The molecule has 3 aromatic rings. The number of hydrogen-bond acceptors (Lipinski definition) is 5. The molecule has 5 heteroatoms. The van der Waals surface area contributed by atoms with Crippen molar-refractivity contribution in [3.63, 3.8) is 0 Å². The summed E-state index contributed by atoms with van der Waals surface area (Å²) >= 11 is 0. The van der Waals surface area contributed by atoms with Gasteiger partial charge in [0.05, 0.1) is 19.1 Å². The second-order valence-corrected chi connectivity index (χ2v) is 8.91. The second kappa shape index (κ2) is 8.67. The highest BCUT2D eigenvalue weighted by atomic mass is 16.3. The maximum absolute atomic E-state index is 5.26. The van der Waals surface area contributed by atoms with Gasteiger partial charge in [-0.2, -0.15) is 0 Å². The first-order valence-electron chi connectivity index (χ1n) is 11.3. The van der Waals surface area contributed by atoms with Gasteiger partial charge < -0.3 is 14.6 Å². The molecule has 0 bridgehead atoms. The number of fused-ring (bicyclic) bond motifs is 1. The fourth-order valence-corrected chi connectivity index (χ4v) is 4.56. The SMILES string of the molecule is C[C@@H]1CN(c2ccc(N/C=C3\CN=Cc4ccc(-c5ccoc5)cc43)cc2)C[C@H](C)N1C. The van der Waals surface area contributed by atoms with Crippen molar-refractivity contribution in [2.24, 2.45) is 4.99 Å². The molecule has 5 nitrogen and oxygen atoms in total. The Balaban J connectivity index is 1.32. The van der Waals surface area contributed by atoms with E-state index in [-0.39, 0.29) is 0 Å². The Labute approximate surface area is 190 Å².